The third-order valence-electron chi connectivity index (χ3n) is 4.95. The smallest absolute Gasteiger partial charge is 0.165 e. The van der Waals surface area contributed by atoms with E-state index in [2.05, 4.69) is 11.0 Å². The van der Waals surface area contributed by atoms with Gasteiger partial charge in [0.1, 0.15) is 0 Å². The number of phenols is 2. The van der Waals surface area contributed by atoms with Crippen LogP contribution in [0.2, 0.25) is 0 Å². The molecule has 108 valence electrons. The lowest BCUT2D eigenvalue weighted by molar-refractivity contribution is 0.109. The summed E-state index contributed by atoms with van der Waals surface area (Å²) in [6.07, 6.45) is 1.59. The summed E-state index contributed by atoms with van der Waals surface area (Å²) in [5.74, 6) is -0.129. The van der Waals surface area contributed by atoms with Gasteiger partial charge in [0, 0.05) is 18.5 Å². The number of hydrogen-bond acceptors (Lipinski definition) is 4. The Hall–Kier alpha value is -2.04. The highest BCUT2D eigenvalue weighted by Crippen LogP contribution is 2.50. The maximum atomic E-state index is 10.3. The molecular weight excluding hydrogens is 264 g/mol. The van der Waals surface area contributed by atoms with Gasteiger partial charge in [0.15, 0.2) is 11.5 Å². The molecule has 1 aliphatic heterocycles. The molecule has 1 atom stereocenters. The molecule has 2 aromatic rings. The summed E-state index contributed by atoms with van der Waals surface area (Å²) >= 11 is 0. The van der Waals surface area contributed by atoms with Crippen LogP contribution in [0.1, 0.15) is 16.7 Å². The predicted molar refractivity (Wildman–Crippen MR) is 81.1 cm³/mol. The number of phenolic OH excluding ortho intramolecular Hbond substituents is 2. The second-order valence-corrected chi connectivity index (χ2v) is 6.08. The molecule has 1 heterocycles. The van der Waals surface area contributed by atoms with Crippen LogP contribution in [0.5, 0.6) is 11.5 Å². The summed E-state index contributed by atoms with van der Waals surface area (Å²) in [6.45, 7) is 0.923. The third kappa shape index (κ3) is 1.51. The van der Waals surface area contributed by atoms with Crippen LogP contribution in [-0.4, -0.2) is 28.7 Å². The topological polar surface area (TPSA) is 69.7 Å². The number of benzene rings is 2. The van der Waals surface area contributed by atoms with E-state index in [1.54, 1.807) is 0 Å². The minimum atomic E-state index is -0.541. The quantitative estimate of drug-likeness (QED) is 0.646. The van der Waals surface area contributed by atoms with Crippen molar-refractivity contribution in [2.45, 2.75) is 18.5 Å². The molecule has 4 N–H and O–H groups in total. The molecule has 2 aliphatic rings. The van der Waals surface area contributed by atoms with E-state index in [1.165, 1.54) is 11.6 Å². The zero-order chi connectivity index (χ0) is 14.8. The molecule has 2 aromatic carbocycles. The molecule has 4 rings (SSSR count). The Morgan fingerprint density at radius 3 is 2.76 bits per heavy atom. The van der Waals surface area contributed by atoms with E-state index in [4.69, 9.17) is 5.73 Å². The van der Waals surface area contributed by atoms with Gasteiger partial charge in [-0.25, -0.2) is 0 Å². The molecule has 21 heavy (non-hydrogen) atoms. The Labute approximate surface area is 123 Å². The lowest BCUT2D eigenvalue weighted by Gasteiger charge is -2.47. The largest absolute Gasteiger partial charge is 0.504 e. The molecule has 0 bridgehead atoms. The van der Waals surface area contributed by atoms with Crippen LogP contribution in [0.4, 0.5) is 0 Å². The summed E-state index contributed by atoms with van der Waals surface area (Å²) in [5.41, 5.74) is 11.2. The number of nitrogens with zero attached hydrogens (tertiary/aromatic N) is 1. The van der Waals surface area contributed by atoms with Crippen LogP contribution in [0.15, 0.2) is 30.3 Å². The lowest BCUT2D eigenvalue weighted by atomic mass is 9.73. The first-order valence-corrected chi connectivity index (χ1v) is 7.19. The van der Waals surface area contributed by atoms with Gasteiger partial charge < -0.3 is 15.9 Å². The molecule has 4 nitrogen and oxygen atoms in total. The van der Waals surface area contributed by atoms with Gasteiger partial charge in [-0.1, -0.05) is 24.3 Å². The molecule has 0 aromatic heterocycles. The second-order valence-electron chi connectivity index (χ2n) is 6.08. The Morgan fingerprint density at radius 1 is 1.14 bits per heavy atom. The number of hydrogen-bond donors (Lipinski definition) is 3. The summed E-state index contributed by atoms with van der Waals surface area (Å²) < 4.78 is 0. The van der Waals surface area contributed by atoms with Gasteiger partial charge in [-0.3, -0.25) is 4.90 Å². The van der Waals surface area contributed by atoms with Crippen LogP contribution in [0.3, 0.4) is 0 Å². The Kier molecular flexibility index (Phi) is 2.41. The predicted octanol–water partition coefficient (Wildman–Crippen LogP) is 1.92. The summed E-state index contributed by atoms with van der Waals surface area (Å²) in [4.78, 5) is 2.19. The van der Waals surface area contributed by atoms with Gasteiger partial charge >= 0.3 is 0 Å². The number of likely N-dealkylation sites (N-methyl/N-ethyl adjacent to an activating group) is 1. The first-order valence-electron chi connectivity index (χ1n) is 7.19. The van der Waals surface area contributed by atoms with Gasteiger partial charge in [0.05, 0.1) is 5.66 Å². The van der Waals surface area contributed by atoms with Gasteiger partial charge in [0.2, 0.25) is 0 Å². The Balaban J connectivity index is 2.10. The third-order valence-corrected chi connectivity index (χ3v) is 4.95. The van der Waals surface area contributed by atoms with E-state index in [0.717, 1.165) is 35.2 Å². The number of aromatic hydroxyl groups is 2. The highest BCUT2D eigenvalue weighted by atomic mass is 16.3. The van der Waals surface area contributed by atoms with E-state index >= 15 is 0 Å². The maximum Gasteiger partial charge on any atom is 0.165 e. The molecule has 0 saturated carbocycles. The fourth-order valence-corrected chi connectivity index (χ4v) is 3.79. The normalized spacial score (nSPS) is 23.5. The first kappa shape index (κ1) is 12.7. The van der Waals surface area contributed by atoms with E-state index in [1.807, 2.05) is 25.2 Å². The zero-order valence-corrected chi connectivity index (χ0v) is 11.9. The monoisotopic (exact) mass is 282 g/mol. The summed E-state index contributed by atoms with van der Waals surface area (Å²) in [7, 11) is 2.05. The molecule has 0 saturated heterocycles. The van der Waals surface area contributed by atoms with Gasteiger partial charge in [0.25, 0.3) is 0 Å². The zero-order valence-electron chi connectivity index (χ0n) is 11.9. The van der Waals surface area contributed by atoms with Crippen molar-refractivity contribution in [2.75, 3.05) is 13.6 Å². The number of nitrogens with two attached hydrogens (primary N) is 1. The van der Waals surface area contributed by atoms with Crippen LogP contribution < -0.4 is 5.73 Å². The average Bonchev–Trinajstić information content (AvgIpc) is 2.47. The SMILES string of the molecule is CN1CCc2cccc3c2[C@@]1(N)Cc1ccc(O)c(O)c1-3. The van der Waals surface area contributed by atoms with Crippen LogP contribution in [-0.2, 0) is 18.5 Å². The summed E-state index contributed by atoms with van der Waals surface area (Å²) in [5, 5.41) is 20.1. The van der Waals surface area contributed by atoms with Crippen LogP contribution in [0, 0.1) is 0 Å². The number of fused-ring (bicyclic) bond motifs is 2. The summed E-state index contributed by atoms with van der Waals surface area (Å²) in [6, 6.07) is 9.49. The molecule has 4 heteroatoms. The molecule has 1 aliphatic carbocycles. The van der Waals surface area contributed by atoms with E-state index in [9.17, 15) is 10.2 Å². The second kappa shape index (κ2) is 4.00. The first-order chi connectivity index (χ1) is 10.0. The van der Waals surface area contributed by atoms with Crippen molar-refractivity contribution in [1.82, 2.24) is 4.90 Å². The molecule has 0 radical (unpaired) electrons. The lowest BCUT2D eigenvalue weighted by Crippen LogP contribution is -2.57. The van der Waals surface area contributed by atoms with Crippen molar-refractivity contribution in [3.8, 4) is 22.6 Å². The molecule has 0 spiro atoms. The minimum Gasteiger partial charge on any atom is -0.504 e. The molecule has 0 unspecified atom stereocenters. The van der Waals surface area contributed by atoms with Crippen LogP contribution >= 0.6 is 0 Å². The highest BCUT2D eigenvalue weighted by molar-refractivity contribution is 5.82. The van der Waals surface area contributed by atoms with Crippen molar-refractivity contribution in [2.24, 2.45) is 5.73 Å². The van der Waals surface area contributed by atoms with Gasteiger partial charge in [-0.15, -0.1) is 0 Å². The van der Waals surface area contributed by atoms with Crippen molar-refractivity contribution in [3.63, 3.8) is 0 Å². The van der Waals surface area contributed by atoms with Crippen molar-refractivity contribution >= 4 is 0 Å². The molecule has 0 fully saturated rings. The van der Waals surface area contributed by atoms with Crippen molar-refractivity contribution < 1.29 is 10.2 Å². The Morgan fingerprint density at radius 2 is 1.95 bits per heavy atom. The Bertz CT molecular complexity index is 757. The average molecular weight is 282 g/mol. The minimum absolute atomic E-state index is 0.0452. The van der Waals surface area contributed by atoms with Gasteiger partial charge in [-0.2, -0.15) is 0 Å². The molecular formula is C17H18N2O2. The van der Waals surface area contributed by atoms with Crippen molar-refractivity contribution in [1.29, 1.82) is 0 Å². The van der Waals surface area contributed by atoms with Crippen molar-refractivity contribution in [3.05, 3.63) is 47.0 Å². The van der Waals surface area contributed by atoms with E-state index < -0.39 is 5.66 Å². The fraction of sp³-hybridized carbons (Fsp3) is 0.294. The van der Waals surface area contributed by atoms with E-state index in [-0.39, 0.29) is 11.5 Å². The molecule has 0 amide bonds. The maximum absolute atomic E-state index is 10.3. The van der Waals surface area contributed by atoms with Crippen LogP contribution in [0.25, 0.3) is 11.1 Å². The van der Waals surface area contributed by atoms with Gasteiger partial charge in [-0.05, 0) is 41.8 Å². The standard InChI is InChI=1S/C17H18N2O2/c1-19-8-7-10-3-2-4-12-14-11(5-6-13(20)16(14)21)9-17(19,18)15(10)12/h2-6,20-21H,7-9,18H2,1H3/t17-/m1/s1. The highest BCUT2D eigenvalue weighted by Gasteiger charge is 2.43. The fourth-order valence-electron chi connectivity index (χ4n) is 3.79. The van der Waals surface area contributed by atoms with E-state index in [0.29, 0.717) is 6.42 Å². The number of rotatable bonds is 0.